The fraction of sp³-hybridized carbons (Fsp3) is 0.500. The summed E-state index contributed by atoms with van der Waals surface area (Å²) in [5, 5.41) is 22.1. The minimum atomic E-state index is -2.01. The lowest BCUT2D eigenvalue weighted by Gasteiger charge is -2.54. The zero-order chi connectivity index (χ0) is 27.7. The van der Waals surface area contributed by atoms with Gasteiger partial charge in [0.2, 0.25) is 5.78 Å². The van der Waals surface area contributed by atoms with E-state index in [2.05, 4.69) is 6.92 Å². The molecular formula is C26H30BI2NO7. The average Bonchev–Trinajstić information content (AvgIpc) is 2.81. The summed E-state index contributed by atoms with van der Waals surface area (Å²) in [5.41, 5.74) is 4.29. The van der Waals surface area contributed by atoms with Crippen LogP contribution in [0.5, 0.6) is 5.75 Å². The lowest BCUT2D eigenvalue weighted by molar-refractivity contribution is -0.135. The van der Waals surface area contributed by atoms with Crippen LogP contribution in [0.3, 0.4) is 0 Å². The summed E-state index contributed by atoms with van der Waals surface area (Å²) in [5.74, 6) is -3.58. The molecule has 11 heteroatoms. The minimum absolute atomic E-state index is 0.0332. The van der Waals surface area contributed by atoms with E-state index < -0.39 is 45.6 Å². The van der Waals surface area contributed by atoms with Gasteiger partial charge in [-0.15, -0.1) is 0 Å². The maximum absolute atomic E-state index is 14.1. The first-order chi connectivity index (χ1) is 17.2. The molecule has 1 amide bonds. The highest BCUT2D eigenvalue weighted by Crippen LogP contribution is 2.65. The van der Waals surface area contributed by atoms with E-state index in [0.29, 0.717) is 17.5 Å². The highest BCUT2D eigenvalue weighted by molar-refractivity contribution is 14.1. The monoisotopic (exact) mass is 733 g/mol. The SMILES string of the molecule is B[C@]12CC(OI)=C(C(N)=O)C(=O)[C@@]1(OI)C(O)=C1C(=O)c3c(ccc(C(C)(C)CCC)c3O)[C@H](C)C1C2. The van der Waals surface area contributed by atoms with Gasteiger partial charge in [-0.3, -0.25) is 17.4 Å². The molecule has 3 aliphatic carbocycles. The molecule has 0 fully saturated rings. The van der Waals surface area contributed by atoms with Gasteiger partial charge in [0.05, 0.1) is 5.56 Å². The number of hydrogen-bond acceptors (Lipinski definition) is 7. The van der Waals surface area contributed by atoms with Crippen LogP contribution >= 0.6 is 46.0 Å². The molecule has 0 radical (unpaired) electrons. The third kappa shape index (κ3) is 3.81. The molecule has 0 bridgehead atoms. The number of Topliss-reactive ketones (excluding diaryl/α,β-unsaturated/α-hetero) is 2. The minimum Gasteiger partial charge on any atom is -0.508 e. The Morgan fingerprint density at radius 2 is 1.92 bits per heavy atom. The van der Waals surface area contributed by atoms with Crippen molar-refractivity contribution >= 4 is 71.3 Å². The molecule has 0 saturated heterocycles. The molecule has 1 aromatic rings. The Morgan fingerprint density at radius 3 is 2.46 bits per heavy atom. The van der Waals surface area contributed by atoms with Crippen molar-refractivity contribution in [1.82, 2.24) is 0 Å². The van der Waals surface area contributed by atoms with Gasteiger partial charge in [0, 0.05) is 17.6 Å². The number of aliphatic hydroxyl groups is 1. The summed E-state index contributed by atoms with van der Waals surface area (Å²) in [7, 11) is 1.78. The van der Waals surface area contributed by atoms with Crippen molar-refractivity contribution < 1.29 is 30.7 Å². The molecule has 4 atom stereocenters. The quantitative estimate of drug-likeness (QED) is 0.222. The van der Waals surface area contributed by atoms with Crippen molar-refractivity contribution in [2.75, 3.05) is 0 Å². The lowest BCUT2D eigenvalue weighted by atomic mass is 9.43. The number of rotatable bonds is 6. The van der Waals surface area contributed by atoms with Crippen molar-refractivity contribution in [2.24, 2.45) is 11.7 Å². The van der Waals surface area contributed by atoms with Gasteiger partial charge in [0.1, 0.15) is 53.7 Å². The average molecular weight is 733 g/mol. The molecule has 0 spiro atoms. The number of fused-ring (bicyclic) bond motifs is 3. The van der Waals surface area contributed by atoms with Crippen LogP contribution in [0.2, 0.25) is 5.31 Å². The van der Waals surface area contributed by atoms with Gasteiger partial charge >= 0.3 is 0 Å². The Morgan fingerprint density at radius 1 is 1.27 bits per heavy atom. The molecule has 37 heavy (non-hydrogen) atoms. The summed E-state index contributed by atoms with van der Waals surface area (Å²) in [6, 6.07) is 3.78. The van der Waals surface area contributed by atoms with Crippen LogP contribution in [0, 0.1) is 5.92 Å². The highest BCUT2D eigenvalue weighted by Gasteiger charge is 2.68. The van der Waals surface area contributed by atoms with Gasteiger partial charge in [-0.1, -0.05) is 46.2 Å². The van der Waals surface area contributed by atoms with Crippen molar-refractivity contribution in [3.8, 4) is 5.75 Å². The summed E-state index contributed by atoms with van der Waals surface area (Å²) >= 11 is 3.14. The summed E-state index contributed by atoms with van der Waals surface area (Å²) in [6.45, 7) is 8.05. The second-order valence-corrected chi connectivity index (χ2v) is 12.2. The van der Waals surface area contributed by atoms with Crippen LogP contribution in [0.1, 0.15) is 80.8 Å². The van der Waals surface area contributed by atoms with Crippen molar-refractivity contribution in [3.05, 3.63) is 51.5 Å². The predicted molar refractivity (Wildman–Crippen MR) is 157 cm³/mol. The van der Waals surface area contributed by atoms with E-state index in [4.69, 9.17) is 11.9 Å². The molecule has 0 heterocycles. The number of benzene rings is 1. The largest absolute Gasteiger partial charge is 0.508 e. The Labute approximate surface area is 245 Å². The van der Waals surface area contributed by atoms with Crippen LogP contribution in [-0.4, -0.2) is 41.1 Å². The first-order valence-corrected chi connectivity index (χ1v) is 14.0. The van der Waals surface area contributed by atoms with Crippen LogP contribution in [-0.2, 0) is 21.1 Å². The predicted octanol–water partition coefficient (Wildman–Crippen LogP) is 4.58. The number of nitrogens with two attached hydrogens (primary N) is 1. The number of primary amides is 1. The van der Waals surface area contributed by atoms with E-state index in [1.54, 1.807) is 30.9 Å². The van der Waals surface area contributed by atoms with Crippen molar-refractivity contribution in [3.63, 3.8) is 0 Å². The number of carbonyl (C=O) groups is 3. The Balaban J connectivity index is 1.99. The van der Waals surface area contributed by atoms with Gasteiger partial charge in [-0.05, 0) is 41.0 Å². The summed E-state index contributed by atoms with van der Waals surface area (Å²) in [6.07, 6.45) is 2.10. The summed E-state index contributed by atoms with van der Waals surface area (Å²) < 4.78 is 11.1. The van der Waals surface area contributed by atoms with E-state index in [0.717, 1.165) is 12.8 Å². The Kier molecular flexibility index (Phi) is 7.33. The van der Waals surface area contributed by atoms with Gasteiger partial charge < -0.3 is 19.0 Å². The molecule has 0 aromatic heterocycles. The second kappa shape index (κ2) is 9.54. The number of ketones is 2. The van der Waals surface area contributed by atoms with Crippen molar-refractivity contribution in [1.29, 1.82) is 0 Å². The molecule has 4 N–H and O–H groups in total. The zero-order valence-electron chi connectivity index (χ0n) is 21.4. The topological polar surface area (TPSA) is 136 Å². The number of aliphatic hydroxyl groups excluding tert-OH is 1. The second-order valence-electron chi connectivity index (χ2n) is 11.3. The van der Waals surface area contributed by atoms with Crippen LogP contribution in [0.15, 0.2) is 34.8 Å². The smallest absolute Gasteiger partial charge is 0.255 e. The number of allylic oxidation sites excluding steroid dienone is 2. The van der Waals surface area contributed by atoms with Crippen LogP contribution < -0.4 is 5.73 Å². The van der Waals surface area contributed by atoms with Crippen LogP contribution in [0.4, 0.5) is 0 Å². The Bertz CT molecular complexity index is 1290. The molecule has 3 aliphatic rings. The van der Waals surface area contributed by atoms with E-state index in [1.165, 1.54) is 23.0 Å². The number of halogens is 2. The summed E-state index contributed by atoms with van der Waals surface area (Å²) in [4.78, 5) is 40.2. The fourth-order valence-corrected chi connectivity index (χ4v) is 8.09. The van der Waals surface area contributed by atoms with Gasteiger partial charge in [0.25, 0.3) is 5.91 Å². The maximum atomic E-state index is 14.1. The first-order valence-electron chi connectivity index (χ1n) is 12.2. The van der Waals surface area contributed by atoms with Crippen LogP contribution in [0.25, 0.3) is 0 Å². The fourth-order valence-electron chi connectivity index (χ4n) is 6.77. The lowest BCUT2D eigenvalue weighted by Crippen LogP contribution is -2.61. The van der Waals surface area contributed by atoms with Crippen molar-refractivity contribution in [2.45, 2.75) is 75.6 Å². The molecule has 0 aliphatic heterocycles. The molecule has 4 rings (SSSR count). The number of hydrogen-bond donors (Lipinski definition) is 3. The molecule has 8 nitrogen and oxygen atoms in total. The number of amides is 1. The standard InChI is InChI=1S/C26H30BI2NO7/c1-5-8-24(3,4)14-7-6-12-11(2)13-9-25(27)10-15(36-28)18(23(30)35)22(34)26(25,37-29)21(33)17(13)20(32)16(12)19(14)31/h6-7,11,13,31,33H,5,8-10,27H2,1-4H3,(H2,30,35)/t11-,13?,25+,26-/m0/s1. The third-order valence-corrected chi connectivity index (χ3v) is 9.88. The number of phenolic OH excluding ortho intramolecular Hbond substituents is 1. The zero-order valence-corrected chi connectivity index (χ0v) is 25.7. The number of aromatic hydroxyl groups is 1. The third-order valence-electron chi connectivity index (χ3n) is 8.69. The normalized spacial score (nSPS) is 29.6. The molecule has 198 valence electrons. The van der Waals surface area contributed by atoms with Gasteiger partial charge in [-0.25, -0.2) is 0 Å². The van der Waals surface area contributed by atoms with E-state index >= 15 is 0 Å². The van der Waals surface area contributed by atoms with Gasteiger partial charge in [0.15, 0.2) is 34.4 Å². The maximum Gasteiger partial charge on any atom is 0.255 e. The van der Waals surface area contributed by atoms with E-state index in [-0.39, 0.29) is 40.4 Å². The molecule has 1 unspecified atom stereocenters. The van der Waals surface area contributed by atoms with E-state index in [9.17, 15) is 24.6 Å². The number of carbonyl (C=O) groups excluding carboxylic acids is 3. The van der Waals surface area contributed by atoms with Gasteiger partial charge in [-0.2, -0.15) is 0 Å². The van der Waals surface area contributed by atoms with E-state index in [1.807, 2.05) is 32.9 Å². The Hall–Kier alpha value is -1.61. The number of phenols is 1. The molecule has 0 saturated carbocycles. The highest BCUT2D eigenvalue weighted by atomic mass is 127. The first kappa shape index (κ1) is 28.4. The molecule has 1 aromatic carbocycles. The molecular weight excluding hydrogens is 703 g/mol.